The van der Waals surface area contributed by atoms with Crippen molar-refractivity contribution in [2.75, 3.05) is 0 Å². The highest BCUT2D eigenvalue weighted by molar-refractivity contribution is 5.91. The van der Waals surface area contributed by atoms with Crippen LogP contribution in [0.5, 0.6) is 0 Å². The molecule has 4 aromatic rings. The number of fused-ring (bicyclic) bond motifs is 1. The molecule has 0 aliphatic rings. The average Bonchev–Trinajstić information content (AvgIpc) is 3.20. The van der Waals surface area contributed by atoms with E-state index in [0.29, 0.717) is 39.4 Å². The van der Waals surface area contributed by atoms with E-state index in [-0.39, 0.29) is 12.0 Å². The van der Waals surface area contributed by atoms with Crippen molar-refractivity contribution in [2.24, 2.45) is 0 Å². The van der Waals surface area contributed by atoms with Crippen LogP contribution < -0.4 is 0 Å². The van der Waals surface area contributed by atoms with Gasteiger partial charge in [-0.1, -0.05) is 24.3 Å². The number of alkyl halides is 3. The van der Waals surface area contributed by atoms with Gasteiger partial charge in [0.15, 0.2) is 0 Å². The van der Waals surface area contributed by atoms with Crippen molar-refractivity contribution in [2.45, 2.75) is 26.4 Å². The van der Waals surface area contributed by atoms with Gasteiger partial charge in [-0.2, -0.15) is 18.3 Å². The Morgan fingerprint density at radius 3 is 2.53 bits per heavy atom. The van der Waals surface area contributed by atoms with Gasteiger partial charge in [-0.3, -0.25) is 0 Å². The second-order valence-electron chi connectivity index (χ2n) is 7.04. The summed E-state index contributed by atoms with van der Waals surface area (Å²) in [7, 11) is 0. The Bertz CT molecular complexity index is 1270. The Morgan fingerprint density at radius 2 is 1.87 bits per heavy atom. The highest BCUT2D eigenvalue weighted by Gasteiger charge is 2.30. The summed E-state index contributed by atoms with van der Waals surface area (Å²) < 4.78 is 46.3. The number of hydrogen-bond acceptors (Lipinski definition) is 3. The van der Waals surface area contributed by atoms with Gasteiger partial charge in [-0.05, 0) is 43.7 Å². The van der Waals surface area contributed by atoms with Crippen molar-refractivity contribution >= 4 is 16.9 Å². The van der Waals surface area contributed by atoms with Crippen LogP contribution in [0.15, 0.2) is 52.9 Å². The monoisotopic (exact) mass is 414 g/mol. The Morgan fingerprint density at radius 1 is 1.13 bits per heavy atom. The van der Waals surface area contributed by atoms with Gasteiger partial charge in [0.05, 0.1) is 22.6 Å². The van der Waals surface area contributed by atoms with Crippen molar-refractivity contribution in [3.05, 3.63) is 82.4 Å². The maximum absolute atomic E-state index is 13.0. The molecule has 5 nitrogen and oxygen atoms in total. The second-order valence-corrected chi connectivity index (χ2v) is 7.04. The van der Waals surface area contributed by atoms with Crippen molar-refractivity contribution in [3.63, 3.8) is 0 Å². The topological polar surface area (TPSA) is 68.3 Å². The fourth-order valence-corrected chi connectivity index (χ4v) is 3.62. The molecule has 0 saturated carbocycles. The first kappa shape index (κ1) is 19.8. The van der Waals surface area contributed by atoms with Crippen LogP contribution in [-0.4, -0.2) is 20.9 Å². The van der Waals surface area contributed by atoms with E-state index in [9.17, 15) is 23.1 Å². The summed E-state index contributed by atoms with van der Waals surface area (Å²) in [4.78, 5) is 11.5. The zero-order valence-electron chi connectivity index (χ0n) is 16.1. The number of nitrogens with zero attached hydrogens (tertiary/aromatic N) is 2. The maximum atomic E-state index is 13.0. The van der Waals surface area contributed by atoms with Gasteiger partial charge in [0.2, 0.25) is 0 Å². The Balaban J connectivity index is 1.76. The molecule has 0 amide bonds. The number of hydrogen-bond donors (Lipinski definition) is 1. The number of aromatic carboxylic acids is 1. The van der Waals surface area contributed by atoms with Crippen LogP contribution in [0.1, 0.15) is 38.6 Å². The lowest BCUT2D eigenvalue weighted by Gasteiger charge is -2.07. The van der Waals surface area contributed by atoms with Gasteiger partial charge < -0.3 is 9.52 Å². The van der Waals surface area contributed by atoms with Gasteiger partial charge in [0.1, 0.15) is 16.9 Å². The SMILES string of the molecule is Cc1nn(-c2cccc3oc(Cc4cccc(C(F)(F)F)c4)cc23)c(C)c1C(=O)O. The fraction of sp³-hybridized carbons (Fsp3) is 0.182. The molecule has 0 unspecified atom stereocenters. The number of carboxylic acids is 1. The molecular weight excluding hydrogens is 397 g/mol. The van der Waals surface area contributed by atoms with Crippen molar-refractivity contribution in [3.8, 4) is 5.69 Å². The van der Waals surface area contributed by atoms with Crippen LogP contribution >= 0.6 is 0 Å². The van der Waals surface area contributed by atoms with Crippen LogP contribution in [0.2, 0.25) is 0 Å². The van der Waals surface area contributed by atoms with Gasteiger partial charge >= 0.3 is 12.1 Å². The van der Waals surface area contributed by atoms with E-state index in [1.807, 2.05) is 0 Å². The van der Waals surface area contributed by atoms with E-state index in [1.165, 1.54) is 6.07 Å². The third-order valence-corrected chi connectivity index (χ3v) is 4.96. The minimum atomic E-state index is -4.41. The van der Waals surface area contributed by atoms with Crippen molar-refractivity contribution in [1.82, 2.24) is 9.78 Å². The molecule has 8 heteroatoms. The van der Waals surface area contributed by atoms with Gasteiger partial charge in [-0.25, -0.2) is 9.48 Å². The van der Waals surface area contributed by atoms with E-state index >= 15 is 0 Å². The number of carbonyl (C=O) groups is 1. The summed E-state index contributed by atoms with van der Waals surface area (Å²) in [5.41, 5.74) is 1.96. The standard InChI is InChI=1S/C22H17F3N2O3/c1-12-20(21(28)29)13(2)27(26-12)18-7-4-8-19-17(18)11-16(30-19)10-14-5-3-6-15(9-14)22(23,24)25/h3-9,11H,10H2,1-2H3,(H,28,29). The smallest absolute Gasteiger partial charge is 0.416 e. The molecule has 0 aliphatic carbocycles. The molecule has 0 bridgehead atoms. The van der Waals surface area contributed by atoms with E-state index in [1.54, 1.807) is 48.9 Å². The molecule has 1 N–H and O–H groups in total. The first-order valence-corrected chi connectivity index (χ1v) is 9.12. The molecule has 0 aliphatic heterocycles. The van der Waals surface area contributed by atoms with Gasteiger partial charge in [-0.15, -0.1) is 0 Å². The largest absolute Gasteiger partial charge is 0.478 e. The summed E-state index contributed by atoms with van der Waals surface area (Å²) in [6.45, 7) is 3.30. The first-order valence-electron chi connectivity index (χ1n) is 9.12. The number of aryl methyl sites for hydroxylation is 1. The summed E-state index contributed by atoms with van der Waals surface area (Å²) in [6, 6.07) is 12.2. The minimum absolute atomic E-state index is 0.139. The molecule has 2 heterocycles. The molecule has 0 radical (unpaired) electrons. The van der Waals surface area contributed by atoms with Crippen LogP contribution in [0.3, 0.4) is 0 Å². The molecule has 2 aromatic carbocycles. The quantitative estimate of drug-likeness (QED) is 0.476. The van der Waals surface area contributed by atoms with Crippen LogP contribution in [0, 0.1) is 13.8 Å². The van der Waals surface area contributed by atoms with Gasteiger partial charge in [0.25, 0.3) is 0 Å². The summed E-state index contributed by atoms with van der Waals surface area (Å²) in [5, 5.41) is 14.5. The summed E-state index contributed by atoms with van der Waals surface area (Å²) in [5.74, 6) is -0.558. The predicted octanol–water partition coefficient (Wildman–Crippen LogP) is 5.54. The van der Waals surface area contributed by atoms with Crippen molar-refractivity contribution < 1.29 is 27.5 Å². The molecule has 0 fully saturated rings. The third kappa shape index (κ3) is 3.45. The van der Waals surface area contributed by atoms with Crippen molar-refractivity contribution in [1.29, 1.82) is 0 Å². The van der Waals surface area contributed by atoms with E-state index in [4.69, 9.17) is 4.42 Å². The molecule has 0 spiro atoms. The predicted molar refractivity (Wildman–Crippen MR) is 104 cm³/mol. The van der Waals surface area contributed by atoms with E-state index in [0.717, 1.165) is 12.1 Å². The minimum Gasteiger partial charge on any atom is -0.478 e. The molecular formula is C22H17F3N2O3. The number of rotatable bonds is 4. The van der Waals surface area contributed by atoms with Crippen LogP contribution in [0.25, 0.3) is 16.7 Å². The summed E-state index contributed by atoms with van der Waals surface area (Å²) in [6.07, 6.45) is -4.22. The van der Waals surface area contributed by atoms with Crippen LogP contribution in [-0.2, 0) is 12.6 Å². The normalized spacial score (nSPS) is 11.9. The number of halogens is 3. The Hall–Kier alpha value is -3.55. The highest BCUT2D eigenvalue weighted by Crippen LogP contribution is 2.32. The number of carboxylic acid groups (broad SMARTS) is 1. The Kier molecular flexibility index (Phi) is 4.64. The molecule has 2 aromatic heterocycles. The highest BCUT2D eigenvalue weighted by atomic mass is 19.4. The molecule has 0 saturated heterocycles. The fourth-order valence-electron chi connectivity index (χ4n) is 3.62. The van der Waals surface area contributed by atoms with Gasteiger partial charge in [0, 0.05) is 11.8 Å². The third-order valence-electron chi connectivity index (χ3n) is 4.96. The zero-order chi connectivity index (χ0) is 21.6. The lowest BCUT2D eigenvalue weighted by Crippen LogP contribution is -2.05. The Labute approximate surface area is 169 Å². The average molecular weight is 414 g/mol. The first-order chi connectivity index (χ1) is 14.1. The van der Waals surface area contributed by atoms with E-state index < -0.39 is 17.7 Å². The number of furan rings is 1. The molecule has 0 atom stereocenters. The number of benzene rings is 2. The second kappa shape index (κ2) is 7.05. The maximum Gasteiger partial charge on any atom is 0.416 e. The zero-order valence-corrected chi connectivity index (χ0v) is 16.1. The molecule has 4 rings (SSSR count). The molecule has 154 valence electrons. The lowest BCUT2D eigenvalue weighted by atomic mass is 10.1. The summed E-state index contributed by atoms with van der Waals surface area (Å²) >= 11 is 0. The van der Waals surface area contributed by atoms with E-state index in [2.05, 4.69) is 5.10 Å². The number of aromatic nitrogens is 2. The van der Waals surface area contributed by atoms with Crippen LogP contribution in [0.4, 0.5) is 13.2 Å². The lowest BCUT2D eigenvalue weighted by molar-refractivity contribution is -0.137. The molecule has 30 heavy (non-hydrogen) atoms.